The van der Waals surface area contributed by atoms with Crippen LogP contribution in [0.2, 0.25) is 18.1 Å². The molecule has 0 saturated heterocycles. The highest BCUT2D eigenvalue weighted by Gasteiger charge is 2.54. The molecule has 202 valence electrons. The Labute approximate surface area is 214 Å². The third kappa shape index (κ3) is 7.87. The van der Waals surface area contributed by atoms with Crippen LogP contribution < -0.4 is 10.6 Å². The lowest BCUT2D eigenvalue weighted by Gasteiger charge is -2.47. The van der Waals surface area contributed by atoms with Crippen molar-refractivity contribution in [3.05, 3.63) is 35.9 Å². The van der Waals surface area contributed by atoms with Crippen LogP contribution in [0.15, 0.2) is 30.3 Å². The van der Waals surface area contributed by atoms with Crippen molar-refractivity contribution in [2.75, 3.05) is 20.7 Å². The van der Waals surface area contributed by atoms with Gasteiger partial charge in [0.15, 0.2) is 19.6 Å². The lowest BCUT2D eigenvalue weighted by molar-refractivity contribution is -0.134. The molecule has 0 fully saturated rings. The lowest BCUT2D eigenvalue weighted by Crippen LogP contribution is -2.74. The highest BCUT2D eigenvalue weighted by Crippen LogP contribution is 2.39. The molecule has 0 aliphatic rings. The van der Waals surface area contributed by atoms with Gasteiger partial charge < -0.3 is 34.6 Å². The van der Waals surface area contributed by atoms with Crippen molar-refractivity contribution < 1.29 is 33.4 Å². The summed E-state index contributed by atoms with van der Waals surface area (Å²) in [5, 5.41) is 14.4. The Balaban J connectivity index is 3.46. The number of aliphatic hydroxyl groups excluding tert-OH is 1. The molecule has 0 radical (unpaired) electrons. The maximum Gasteiger partial charge on any atom is 0.408 e. The van der Waals surface area contributed by atoms with Crippen molar-refractivity contribution in [2.24, 2.45) is 0 Å². The van der Waals surface area contributed by atoms with Crippen LogP contribution in [-0.2, 0) is 25.4 Å². The first-order valence-corrected chi connectivity index (χ1v) is 14.8. The molecule has 10 nitrogen and oxygen atoms in total. The van der Waals surface area contributed by atoms with Crippen LogP contribution in [0.3, 0.4) is 0 Å². The number of alkyl carbamates (subject to hydrolysis) is 1. The average Bonchev–Trinajstić information content (AvgIpc) is 2.79. The largest absolute Gasteiger partial charge is 0.445 e. The predicted octanol–water partition coefficient (Wildman–Crippen LogP) is 2.85. The molecule has 0 bridgehead atoms. The molecule has 0 aliphatic heterocycles. The monoisotopic (exact) mass is 523 g/mol. The molecule has 0 heterocycles. The first-order valence-electron chi connectivity index (χ1n) is 11.9. The van der Waals surface area contributed by atoms with Gasteiger partial charge in [0.25, 0.3) is 0 Å². The van der Waals surface area contributed by atoms with Gasteiger partial charge in [-0.25, -0.2) is 9.59 Å². The van der Waals surface area contributed by atoms with E-state index in [2.05, 4.69) is 10.6 Å². The van der Waals surface area contributed by atoms with E-state index in [-0.39, 0.29) is 18.1 Å². The van der Waals surface area contributed by atoms with Gasteiger partial charge in [-0.3, -0.25) is 4.79 Å². The fourth-order valence-electron chi connectivity index (χ4n) is 3.36. The number of nitrogens with one attached hydrogen (secondary N) is 2. The van der Waals surface area contributed by atoms with E-state index in [0.29, 0.717) is 6.29 Å². The van der Waals surface area contributed by atoms with E-state index in [4.69, 9.17) is 9.16 Å². The number of hydrogen-bond donors (Lipinski definition) is 3. The number of ether oxygens (including phenoxy) is 1. The Morgan fingerprint density at radius 1 is 1.14 bits per heavy atom. The van der Waals surface area contributed by atoms with Crippen molar-refractivity contribution in [2.45, 2.75) is 76.5 Å². The Hall–Kier alpha value is -2.76. The smallest absolute Gasteiger partial charge is 0.408 e. The molecule has 3 N–H and O–H groups in total. The Morgan fingerprint density at radius 3 is 2.19 bits per heavy atom. The number of urea groups is 1. The number of Topliss-reactive ketones (excluding diaryl/α,β-unsaturated/α-hetero) is 1. The molecular weight excluding hydrogens is 482 g/mol. The summed E-state index contributed by atoms with van der Waals surface area (Å²) in [5.74, 6) is -0.660. The van der Waals surface area contributed by atoms with Crippen LogP contribution in [0.4, 0.5) is 9.59 Å². The first kappa shape index (κ1) is 31.3. The standard InChI is InChI=1S/C25H41N3O7Si/c1-18(35-36(7,8)24(2,3)4)25(21(31)14-15-29,27-22(32)28(5)6)20(16-30)26-23(33)34-17-19-12-10-9-11-13-19/h9-13,16,18,20,29H,14-15,17H2,1-8H3,(H,26,33)(H,27,32)/t18-,20+,25-/m0/s1. The van der Waals surface area contributed by atoms with E-state index in [0.717, 1.165) is 5.56 Å². The number of aliphatic hydroxyl groups is 1. The molecule has 0 aliphatic carbocycles. The van der Waals surface area contributed by atoms with Crippen LogP contribution in [0, 0.1) is 0 Å². The quantitative estimate of drug-likeness (QED) is 0.283. The number of amides is 3. The minimum Gasteiger partial charge on any atom is -0.445 e. The van der Waals surface area contributed by atoms with Gasteiger partial charge in [0.2, 0.25) is 0 Å². The van der Waals surface area contributed by atoms with Gasteiger partial charge in [0.1, 0.15) is 18.9 Å². The maximum atomic E-state index is 13.6. The summed E-state index contributed by atoms with van der Waals surface area (Å²) in [5.41, 5.74) is -1.28. The number of hydrogen-bond acceptors (Lipinski definition) is 7. The van der Waals surface area contributed by atoms with Crippen LogP contribution in [-0.4, -0.2) is 80.9 Å². The molecule has 3 amide bonds. The maximum absolute atomic E-state index is 13.6. The summed E-state index contributed by atoms with van der Waals surface area (Å²) in [6.07, 6.45) is -1.98. The summed E-state index contributed by atoms with van der Waals surface area (Å²) in [6.45, 7) is 11.0. The average molecular weight is 524 g/mol. The van der Waals surface area contributed by atoms with Gasteiger partial charge in [0, 0.05) is 20.5 Å². The van der Waals surface area contributed by atoms with E-state index in [1.165, 1.54) is 19.0 Å². The fraction of sp³-hybridized carbons (Fsp3) is 0.600. The van der Waals surface area contributed by atoms with Crippen LogP contribution >= 0.6 is 0 Å². The van der Waals surface area contributed by atoms with Crippen LogP contribution in [0.25, 0.3) is 0 Å². The van der Waals surface area contributed by atoms with Gasteiger partial charge >= 0.3 is 12.1 Å². The highest BCUT2D eigenvalue weighted by molar-refractivity contribution is 6.74. The topological polar surface area (TPSA) is 134 Å². The van der Waals surface area contributed by atoms with Gasteiger partial charge in [-0.1, -0.05) is 51.1 Å². The summed E-state index contributed by atoms with van der Waals surface area (Å²) in [7, 11) is 0.437. The molecule has 1 aromatic rings. The number of rotatable bonds is 12. The minimum absolute atomic E-state index is 0.0596. The number of carbonyl (C=O) groups excluding carboxylic acids is 4. The number of aldehydes is 1. The molecule has 0 aromatic heterocycles. The third-order valence-electron chi connectivity index (χ3n) is 6.55. The van der Waals surface area contributed by atoms with E-state index >= 15 is 0 Å². The molecule has 1 rings (SSSR count). The molecule has 11 heteroatoms. The highest BCUT2D eigenvalue weighted by atomic mass is 28.4. The van der Waals surface area contributed by atoms with Crippen LogP contribution in [0.5, 0.6) is 0 Å². The summed E-state index contributed by atoms with van der Waals surface area (Å²) >= 11 is 0. The molecule has 0 spiro atoms. The molecule has 3 atom stereocenters. The second-order valence-electron chi connectivity index (χ2n) is 10.4. The third-order valence-corrected chi connectivity index (χ3v) is 11.1. The van der Waals surface area contributed by atoms with Gasteiger partial charge in [-0.2, -0.15) is 0 Å². The van der Waals surface area contributed by atoms with Gasteiger partial charge in [-0.05, 0) is 30.6 Å². The molecular formula is C25H41N3O7Si. The summed E-state index contributed by atoms with van der Waals surface area (Å²) in [4.78, 5) is 52.7. The Kier molecular flexibility index (Phi) is 11.3. The summed E-state index contributed by atoms with van der Waals surface area (Å²) in [6, 6.07) is 6.74. The molecule has 36 heavy (non-hydrogen) atoms. The number of nitrogens with zero attached hydrogens (tertiary/aromatic N) is 1. The molecule has 0 unspecified atom stereocenters. The normalized spacial score (nSPS) is 15.1. The van der Waals surface area contributed by atoms with Crippen molar-refractivity contribution in [1.29, 1.82) is 0 Å². The minimum atomic E-state index is -2.52. The number of carbonyl (C=O) groups is 4. The zero-order valence-corrected chi connectivity index (χ0v) is 23.6. The molecule has 0 saturated carbocycles. The second-order valence-corrected chi connectivity index (χ2v) is 15.2. The number of benzene rings is 1. The van der Waals surface area contributed by atoms with E-state index in [1.807, 2.05) is 39.9 Å². The predicted molar refractivity (Wildman–Crippen MR) is 139 cm³/mol. The fourth-order valence-corrected chi connectivity index (χ4v) is 4.78. The van der Waals surface area contributed by atoms with Crippen molar-refractivity contribution in [3.63, 3.8) is 0 Å². The van der Waals surface area contributed by atoms with Gasteiger partial charge in [0.05, 0.1) is 12.7 Å². The van der Waals surface area contributed by atoms with E-state index in [9.17, 15) is 24.3 Å². The van der Waals surface area contributed by atoms with Crippen LogP contribution in [0.1, 0.15) is 39.7 Å². The summed E-state index contributed by atoms with van der Waals surface area (Å²) < 4.78 is 11.7. The zero-order chi connectivity index (χ0) is 27.7. The van der Waals surface area contributed by atoms with E-state index in [1.54, 1.807) is 31.2 Å². The van der Waals surface area contributed by atoms with Crippen molar-refractivity contribution >= 4 is 32.5 Å². The first-order chi connectivity index (χ1) is 16.6. The van der Waals surface area contributed by atoms with E-state index < -0.39 is 50.5 Å². The lowest BCUT2D eigenvalue weighted by atomic mass is 9.80. The van der Waals surface area contributed by atoms with Gasteiger partial charge in [-0.15, -0.1) is 0 Å². The van der Waals surface area contributed by atoms with Crippen molar-refractivity contribution in [1.82, 2.24) is 15.5 Å². The number of ketones is 1. The Bertz CT molecular complexity index is 903. The van der Waals surface area contributed by atoms with Crippen molar-refractivity contribution in [3.8, 4) is 0 Å². The SMILES string of the molecule is C[C@H](O[Si](C)(C)C(C)(C)C)[C@@](NC(=O)N(C)C)(C(=O)CCO)[C@@H](C=O)NC(=O)OCc1ccccc1. The zero-order valence-electron chi connectivity index (χ0n) is 22.6. The molecule has 1 aromatic carbocycles. The Morgan fingerprint density at radius 2 is 1.72 bits per heavy atom. The second kappa shape index (κ2) is 13.0.